The maximum absolute atomic E-state index is 12.2. The molecule has 0 bridgehead atoms. The third-order valence-corrected chi connectivity index (χ3v) is 4.60. The van der Waals surface area contributed by atoms with Crippen molar-refractivity contribution in [2.24, 2.45) is 0 Å². The molecule has 2 aromatic rings. The van der Waals surface area contributed by atoms with Crippen LogP contribution in [-0.2, 0) is 19.1 Å². The Labute approximate surface area is 176 Å². The summed E-state index contributed by atoms with van der Waals surface area (Å²) in [6.07, 6.45) is -0.0883. The molecule has 0 radical (unpaired) electrons. The maximum atomic E-state index is 12.2. The van der Waals surface area contributed by atoms with Gasteiger partial charge in [-0.05, 0) is 30.7 Å². The number of nitrogens with one attached hydrogen (secondary N) is 2. The number of benzene rings is 2. The lowest BCUT2D eigenvalue weighted by Gasteiger charge is -2.18. The Kier molecular flexibility index (Phi) is 8.02. The predicted octanol–water partition coefficient (Wildman–Crippen LogP) is 4.16. The van der Waals surface area contributed by atoms with Gasteiger partial charge in [0.15, 0.2) is 6.61 Å². The van der Waals surface area contributed by atoms with Gasteiger partial charge in [0.1, 0.15) is 0 Å². The number of esters is 1. The number of carbonyl (C=O) groups is 3. The maximum Gasteiger partial charge on any atom is 0.308 e. The van der Waals surface area contributed by atoms with Crippen LogP contribution in [0.15, 0.2) is 46.9 Å². The summed E-state index contributed by atoms with van der Waals surface area (Å²) < 4.78 is 5.82. The first-order chi connectivity index (χ1) is 13.2. The van der Waals surface area contributed by atoms with Gasteiger partial charge in [0.2, 0.25) is 5.91 Å². The molecule has 0 heterocycles. The van der Waals surface area contributed by atoms with Gasteiger partial charge in [-0.3, -0.25) is 14.4 Å². The molecule has 0 aliphatic rings. The summed E-state index contributed by atoms with van der Waals surface area (Å²) in [7, 11) is 0. The molecule has 2 amide bonds. The Hall–Kier alpha value is -2.38. The standard InChI is InChI=1S/C20H20BrClN2O4/c1-12-3-5-14(6-4-12)18(23-13(2)25)10-20(27)28-11-19(26)24-17-8-7-15(21)9-16(17)22/h3-9,18H,10-11H2,1-2H3,(H,23,25)(H,24,26). The van der Waals surface area contributed by atoms with Crippen molar-refractivity contribution in [3.05, 3.63) is 63.1 Å². The largest absolute Gasteiger partial charge is 0.455 e. The summed E-state index contributed by atoms with van der Waals surface area (Å²) in [5.41, 5.74) is 2.27. The second-order valence-electron chi connectivity index (χ2n) is 6.20. The van der Waals surface area contributed by atoms with Gasteiger partial charge in [0.25, 0.3) is 5.91 Å². The zero-order valence-electron chi connectivity index (χ0n) is 15.4. The lowest BCUT2D eigenvalue weighted by atomic mass is 10.0. The number of rotatable bonds is 7. The van der Waals surface area contributed by atoms with Gasteiger partial charge in [0, 0.05) is 11.4 Å². The van der Waals surface area contributed by atoms with Crippen LogP contribution in [-0.4, -0.2) is 24.4 Å². The first-order valence-corrected chi connectivity index (χ1v) is 9.66. The molecule has 0 spiro atoms. The molecule has 2 rings (SSSR count). The molecule has 1 atom stereocenters. The van der Waals surface area contributed by atoms with Crippen LogP contribution in [0.2, 0.25) is 5.02 Å². The van der Waals surface area contributed by atoms with E-state index in [0.29, 0.717) is 10.7 Å². The molecule has 0 aromatic heterocycles. The number of hydrogen-bond donors (Lipinski definition) is 2. The van der Waals surface area contributed by atoms with Crippen LogP contribution in [0.25, 0.3) is 0 Å². The molecule has 0 saturated carbocycles. The van der Waals surface area contributed by atoms with E-state index >= 15 is 0 Å². The zero-order valence-corrected chi connectivity index (χ0v) is 17.8. The molecule has 8 heteroatoms. The Morgan fingerprint density at radius 1 is 1.14 bits per heavy atom. The molecule has 2 N–H and O–H groups in total. The van der Waals surface area contributed by atoms with E-state index in [1.165, 1.54) is 6.92 Å². The molecule has 1 unspecified atom stereocenters. The minimum atomic E-state index is -0.601. The number of amides is 2. The average Bonchev–Trinajstić information content (AvgIpc) is 2.62. The van der Waals surface area contributed by atoms with Crippen LogP contribution in [0.4, 0.5) is 5.69 Å². The van der Waals surface area contributed by atoms with Crippen LogP contribution in [0, 0.1) is 6.92 Å². The van der Waals surface area contributed by atoms with Crippen LogP contribution in [0.3, 0.4) is 0 Å². The second kappa shape index (κ2) is 10.2. The van der Waals surface area contributed by atoms with Crippen LogP contribution in [0.5, 0.6) is 0 Å². The smallest absolute Gasteiger partial charge is 0.308 e. The van der Waals surface area contributed by atoms with E-state index in [4.69, 9.17) is 16.3 Å². The molecular formula is C20H20BrClN2O4. The molecule has 148 valence electrons. The van der Waals surface area contributed by atoms with Crippen LogP contribution >= 0.6 is 27.5 Å². The highest BCUT2D eigenvalue weighted by Gasteiger charge is 2.19. The highest BCUT2D eigenvalue weighted by atomic mass is 79.9. The minimum absolute atomic E-state index is 0.0883. The summed E-state index contributed by atoms with van der Waals surface area (Å²) in [5, 5.41) is 5.66. The summed E-state index contributed by atoms with van der Waals surface area (Å²) >= 11 is 9.32. The van der Waals surface area contributed by atoms with E-state index in [1.54, 1.807) is 18.2 Å². The Morgan fingerprint density at radius 2 is 1.82 bits per heavy atom. The van der Waals surface area contributed by atoms with Crippen molar-refractivity contribution >= 4 is 51.0 Å². The summed E-state index contributed by atoms with van der Waals surface area (Å²) in [4.78, 5) is 35.6. The van der Waals surface area contributed by atoms with Crippen molar-refractivity contribution in [2.75, 3.05) is 11.9 Å². The molecule has 2 aromatic carbocycles. The molecular weight excluding hydrogens is 448 g/mol. The number of hydrogen-bond acceptors (Lipinski definition) is 4. The molecule has 0 saturated heterocycles. The van der Waals surface area contributed by atoms with Gasteiger partial charge < -0.3 is 15.4 Å². The molecule has 0 fully saturated rings. The van der Waals surface area contributed by atoms with Crippen molar-refractivity contribution in [1.82, 2.24) is 5.32 Å². The Morgan fingerprint density at radius 3 is 2.43 bits per heavy atom. The van der Waals surface area contributed by atoms with Gasteiger partial charge >= 0.3 is 5.97 Å². The van der Waals surface area contributed by atoms with E-state index in [9.17, 15) is 14.4 Å². The fourth-order valence-electron chi connectivity index (χ4n) is 2.45. The zero-order chi connectivity index (χ0) is 20.7. The Bertz CT molecular complexity index is 871. The number of anilines is 1. The van der Waals surface area contributed by atoms with Crippen molar-refractivity contribution in [3.8, 4) is 0 Å². The van der Waals surface area contributed by atoms with E-state index in [2.05, 4.69) is 26.6 Å². The van der Waals surface area contributed by atoms with Crippen LogP contribution < -0.4 is 10.6 Å². The number of aryl methyl sites for hydroxylation is 1. The first-order valence-electron chi connectivity index (χ1n) is 8.49. The summed E-state index contributed by atoms with van der Waals surface area (Å²) in [5.74, 6) is -1.37. The van der Waals surface area contributed by atoms with Crippen molar-refractivity contribution < 1.29 is 19.1 Å². The van der Waals surface area contributed by atoms with Gasteiger partial charge in [-0.15, -0.1) is 0 Å². The van der Waals surface area contributed by atoms with Crippen LogP contribution in [0.1, 0.15) is 30.5 Å². The van der Waals surface area contributed by atoms with Gasteiger partial charge in [0.05, 0.1) is 23.2 Å². The Balaban J connectivity index is 1.92. The van der Waals surface area contributed by atoms with E-state index in [0.717, 1.165) is 15.6 Å². The van der Waals surface area contributed by atoms with E-state index in [1.807, 2.05) is 31.2 Å². The van der Waals surface area contributed by atoms with E-state index in [-0.39, 0.29) is 12.3 Å². The highest BCUT2D eigenvalue weighted by Crippen LogP contribution is 2.25. The molecule has 0 aliphatic heterocycles. The van der Waals surface area contributed by atoms with Gasteiger partial charge in [-0.25, -0.2) is 0 Å². The fourth-order valence-corrected chi connectivity index (χ4v) is 3.17. The normalized spacial score (nSPS) is 11.4. The molecule has 0 aliphatic carbocycles. The van der Waals surface area contributed by atoms with Crippen molar-refractivity contribution in [1.29, 1.82) is 0 Å². The third-order valence-electron chi connectivity index (χ3n) is 3.80. The SMILES string of the molecule is CC(=O)NC(CC(=O)OCC(=O)Nc1ccc(Br)cc1Cl)c1ccc(C)cc1. The monoisotopic (exact) mass is 466 g/mol. The average molecular weight is 468 g/mol. The quantitative estimate of drug-likeness (QED) is 0.599. The number of ether oxygens (including phenoxy) is 1. The lowest BCUT2D eigenvalue weighted by Crippen LogP contribution is -2.29. The number of halogens is 2. The summed E-state index contributed by atoms with van der Waals surface area (Å²) in [6, 6.07) is 11.9. The van der Waals surface area contributed by atoms with Crippen molar-refractivity contribution in [3.63, 3.8) is 0 Å². The lowest BCUT2D eigenvalue weighted by molar-refractivity contribution is -0.148. The minimum Gasteiger partial charge on any atom is -0.455 e. The second-order valence-corrected chi connectivity index (χ2v) is 7.52. The molecule has 28 heavy (non-hydrogen) atoms. The highest BCUT2D eigenvalue weighted by molar-refractivity contribution is 9.10. The third kappa shape index (κ3) is 6.98. The number of carbonyl (C=O) groups excluding carboxylic acids is 3. The van der Waals surface area contributed by atoms with E-state index < -0.39 is 24.5 Å². The first kappa shape index (κ1) is 21.9. The van der Waals surface area contributed by atoms with Gasteiger partial charge in [-0.2, -0.15) is 0 Å². The molecule has 6 nitrogen and oxygen atoms in total. The fraction of sp³-hybridized carbons (Fsp3) is 0.250. The summed E-state index contributed by atoms with van der Waals surface area (Å²) in [6.45, 7) is 2.87. The van der Waals surface area contributed by atoms with Gasteiger partial charge in [-0.1, -0.05) is 57.4 Å². The van der Waals surface area contributed by atoms with Crippen molar-refractivity contribution in [2.45, 2.75) is 26.3 Å². The topological polar surface area (TPSA) is 84.5 Å². The predicted molar refractivity (Wildman–Crippen MR) is 111 cm³/mol.